The highest BCUT2D eigenvalue weighted by molar-refractivity contribution is 7.97. The van der Waals surface area contributed by atoms with Gasteiger partial charge in [0.2, 0.25) is 0 Å². The van der Waals surface area contributed by atoms with Gasteiger partial charge in [-0.25, -0.2) is 14.7 Å². The van der Waals surface area contributed by atoms with Gasteiger partial charge in [-0.15, -0.1) is 0 Å². The second-order valence-corrected chi connectivity index (χ2v) is 7.28. The van der Waals surface area contributed by atoms with Crippen LogP contribution < -0.4 is 10.5 Å². The Balaban J connectivity index is 1.90. The Morgan fingerprint density at radius 1 is 1.17 bits per heavy atom. The van der Waals surface area contributed by atoms with Crippen LogP contribution >= 0.6 is 11.9 Å². The van der Waals surface area contributed by atoms with E-state index in [2.05, 4.69) is 14.7 Å². The zero-order chi connectivity index (χ0) is 21.2. The molecule has 0 saturated heterocycles. The van der Waals surface area contributed by atoms with Crippen molar-refractivity contribution >= 4 is 17.8 Å². The van der Waals surface area contributed by atoms with E-state index < -0.39 is 18.8 Å². The van der Waals surface area contributed by atoms with E-state index in [4.69, 9.17) is 15.3 Å². The van der Waals surface area contributed by atoms with Crippen LogP contribution in [0.15, 0.2) is 46.0 Å². The van der Waals surface area contributed by atoms with E-state index in [1.54, 1.807) is 43.6 Å². The summed E-state index contributed by atoms with van der Waals surface area (Å²) in [6, 6.07) is 5.04. The topological polar surface area (TPSA) is 97.2 Å². The number of nitrogens with two attached hydrogens (primary N) is 1. The predicted octanol–water partition coefficient (Wildman–Crippen LogP) is 4.12. The van der Waals surface area contributed by atoms with Gasteiger partial charge in [-0.05, 0) is 48.2 Å². The number of rotatable bonds is 6. The third-order valence-corrected chi connectivity index (χ3v) is 5.11. The molecule has 0 aliphatic carbocycles. The van der Waals surface area contributed by atoms with Crippen LogP contribution in [0, 0.1) is 13.8 Å². The maximum atomic E-state index is 12.8. The number of aliphatic hydroxyl groups excluding tert-OH is 1. The Morgan fingerprint density at radius 2 is 1.93 bits per heavy atom. The summed E-state index contributed by atoms with van der Waals surface area (Å²) in [4.78, 5) is 8.84. The number of oxazole rings is 1. The monoisotopic (exact) mass is 424 g/mol. The molecule has 29 heavy (non-hydrogen) atoms. The molecule has 0 saturated carbocycles. The highest BCUT2D eigenvalue weighted by Crippen LogP contribution is 2.33. The molecule has 10 heteroatoms. The summed E-state index contributed by atoms with van der Waals surface area (Å²) in [6.45, 7) is 2.56. The third-order valence-electron chi connectivity index (χ3n) is 4.22. The molecule has 0 amide bonds. The summed E-state index contributed by atoms with van der Waals surface area (Å²) in [5, 5.41) is 8.95. The molecule has 154 valence electrons. The molecule has 0 bridgehead atoms. The van der Waals surface area contributed by atoms with Crippen LogP contribution in [0.25, 0.3) is 22.5 Å². The van der Waals surface area contributed by atoms with Gasteiger partial charge in [0.1, 0.15) is 11.9 Å². The summed E-state index contributed by atoms with van der Waals surface area (Å²) >= 11 is 0.801. The number of hydrogen-bond donors (Lipinski definition) is 3. The van der Waals surface area contributed by atoms with Gasteiger partial charge < -0.3 is 15.3 Å². The number of aryl methyl sites for hydroxylation is 2. The maximum Gasteiger partial charge on any atom is 0.406 e. The minimum absolute atomic E-state index is 0.283. The van der Waals surface area contributed by atoms with Crippen molar-refractivity contribution in [1.29, 1.82) is 0 Å². The van der Waals surface area contributed by atoms with E-state index >= 15 is 0 Å². The lowest BCUT2D eigenvalue weighted by Gasteiger charge is -2.19. The van der Waals surface area contributed by atoms with Crippen molar-refractivity contribution in [3.8, 4) is 22.5 Å². The molecule has 3 aromatic rings. The van der Waals surface area contributed by atoms with Crippen molar-refractivity contribution in [3.63, 3.8) is 0 Å². The number of benzene rings is 1. The van der Waals surface area contributed by atoms with E-state index in [1.807, 2.05) is 6.92 Å². The number of alkyl halides is 3. The largest absolute Gasteiger partial charge is 0.441 e. The first-order valence-corrected chi connectivity index (χ1v) is 9.40. The molecule has 3 rings (SSSR count). The molecule has 2 heterocycles. The van der Waals surface area contributed by atoms with Crippen molar-refractivity contribution in [2.75, 3.05) is 12.3 Å². The molecule has 4 N–H and O–H groups in total. The fourth-order valence-corrected chi connectivity index (χ4v) is 3.43. The van der Waals surface area contributed by atoms with Crippen LogP contribution in [0.3, 0.4) is 0 Å². The number of aliphatic hydroxyl groups is 1. The lowest BCUT2D eigenvalue weighted by Crippen LogP contribution is -2.41. The highest BCUT2D eigenvalue weighted by Gasteiger charge is 2.39. The van der Waals surface area contributed by atoms with Gasteiger partial charge in [-0.1, -0.05) is 6.07 Å². The Labute approximate surface area is 169 Å². The first-order chi connectivity index (χ1) is 13.7. The van der Waals surface area contributed by atoms with Gasteiger partial charge in [0.25, 0.3) is 0 Å². The summed E-state index contributed by atoms with van der Waals surface area (Å²) in [5.41, 5.74) is 8.98. The molecule has 0 aliphatic heterocycles. The van der Waals surface area contributed by atoms with Crippen LogP contribution in [0.5, 0.6) is 0 Å². The van der Waals surface area contributed by atoms with E-state index in [1.165, 1.54) is 0 Å². The molecule has 1 aromatic carbocycles. The molecular weight excluding hydrogens is 405 g/mol. The van der Waals surface area contributed by atoms with Crippen LogP contribution in [-0.2, 0) is 0 Å². The van der Waals surface area contributed by atoms with Crippen molar-refractivity contribution in [1.82, 2.24) is 14.7 Å². The number of halogens is 3. The second-order valence-electron chi connectivity index (χ2n) is 6.37. The number of nitrogen functional groups attached to an aromatic ring is 1. The molecule has 6 nitrogen and oxygen atoms in total. The Bertz CT molecular complexity index is 1010. The SMILES string of the molecule is Cc1ncc(-c2cc(-c3cc(SNC(CO)C(F)(F)F)ccc3C)cnc2N)o1. The van der Waals surface area contributed by atoms with Crippen molar-refractivity contribution in [2.24, 2.45) is 0 Å². The van der Waals surface area contributed by atoms with E-state index in [-0.39, 0.29) is 5.82 Å². The quantitative estimate of drug-likeness (QED) is 0.512. The zero-order valence-electron chi connectivity index (χ0n) is 15.6. The number of nitrogens with zero attached hydrogens (tertiary/aromatic N) is 2. The van der Waals surface area contributed by atoms with Gasteiger partial charge in [-0.3, -0.25) is 0 Å². The smallest absolute Gasteiger partial charge is 0.406 e. The summed E-state index contributed by atoms with van der Waals surface area (Å²) in [6.07, 6.45) is -1.39. The summed E-state index contributed by atoms with van der Waals surface area (Å²) in [7, 11) is 0. The maximum absolute atomic E-state index is 12.8. The molecule has 0 radical (unpaired) electrons. The number of pyridine rings is 1. The number of nitrogens with one attached hydrogen (secondary N) is 1. The van der Waals surface area contributed by atoms with Crippen LogP contribution in [0.1, 0.15) is 11.5 Å². The number of hydrogen-bond acceptors (Lipinski definition) is 7. The first kappa shape index (κ1) is 21.2. The highest BCUT2D eigenvalue weighted by atomic mass is 32.2. The normalized spacial score (nSPS) is 12.9. The van der Waals surface area contributed by atoms with Crippen molar-refractivity contribution in [2.45, 2.75) is 31.0 Å². The summed E-state index contributed by atoms with van der Waals surface area (Å²) < 4.78 is 46.2. The lowest BCUT2D eigenvalue weighted by molar-refractivity contribution is -0.158. The molecule has 1 atom stereocenters. The molecule has 1 unspecified atom stereocenters. The summed E-state index contributed by atoms with van der Waals surface area (Å²) in [5.74, 6) is 1.26. The Morgan fingerprint density at radius 3 is 2.55 bits per heavy atom. The van der Waals surface area contributed by atoms with Gasteiger partial charge in [0, 0.05) is 23.6 Å². The van der Waals surface area contributed by atoms with Gasteiger partial charge >= 0.3 is 6.18 Å². The Hall–Kier alpha value is -2.56. The van der Waals surface area contributed by atoms with E-state index in [0.29, 0.717) is 22.1 Å². The molecular formula is C19H19F3N4O2S. The van der Waals surface area contributed by atoms with Gasteiger partial charge in [0.15, 0.2) is 11.7 Å². The molecule has 0 aliphatic rings. The van der Waals surface area contributed by atoms with Crippen LogP contribution in [0.2, 0.25) is 0 Å². The molecule has 0 spiro atoms. The Kier molecular flexibility index (Phi) is 6.15. The fraction of sp³-hybridized carbons (Fsp3) is 0.263. The van der Waals surface area contributed by atoms with Crippen LogP contribution in [0.4, 0.5) is 19.0 Å². The van der Waals surface area contributed by atoms with E-state index in [0.717, 1.165) is 28.6 Å². The van der Waals surface area contributed by atoms with Crippen molar-refractivity contribution in [3.05, 3.63) is 48.1 Å². The predicted molar refractivity (Wildman–Crippen MR) is 105 cm³/mol. The van der Waals surface area contributed by atoms with Gasteiger partial charge in [-0.2, -0.15) is 13.2 Å². The molecule has 0 fully saturated rings. The zero-order valence-corrected chi connectivity index (χ0v) is 16.4. The average molecular weight is 424 g/mol. The average Bonchev–Trinajstić information content (AvgIpc) is 3.09. The fourth-order valence-electron chi connectivity index (χ4n) is 2.63. The third kappa shape index (κ3) is 4.89. The van der Waals surface area contributed by atoms with Gasteiger partial charge in [0.05, 0.1) is 18.4 Å². The van der Waals surface area contributed by atoms with Crippen molar-refractivity contribution < 1.29 is 22.7 Å². The number of anilines is 1. The number of aromatic nitrogens is 2. The van der Waals surface area contributed by atoms with Crippen LogP contribution in [-0.4, -0.2) is 33.9 Å². The van der Waals surface area contributed by atoms with E-state index in [9.17, 15) is 13.2 Å². The molecule has 2 aromatic heterocycles. The lowest BCUT2D eigenvalue weighted by atomic mass is 10.0. The first-order valence-electron chi connectivity index (χ1n) is 8.58. The minimum Gasteiger partial charge on any atom is -0.441 e. The standard InChI is InChI=1S/C19H19F3N4O2S/c1-10-3-4-13(29-26-17(9-27)19(20,21)22)6-14(10)12-5-15(18(23)25-7-12)16-8-24-11(2)28-16/h3-8,17,26-27H,9H2,1-2H3,(H2,23,25). The minimum atomic E-state index is -4.54. The second kappa shape index (κ2) is 8.44.